The zero-order valence-corrected chi connectivity index (χ0v) is 18.4. The van der Waals surface area contributed by atoms with E-state index >= 15 is 0 Å². The van der Waals surface area contributed by atoms with Crippen LogP contribution in [0, 0.1) is 0 Å². The summed E-state index contributed by atoms with van der Waals surface area (Å²) in [6.07, 6.45) is 14.1. The quantitative estimate of drug-likeness (QED) is 0.267. The minimum atomic E-state index is -0.380. The lowest BCUT2D eigenvalue weighted by Gasteiger charge is -2.11. The molecule has 3 N–H and O–H groups in total. The average molecular weight is 427 g/mol. The fourth-order valence-corrected chi connectivity index (χ4v) is 4.34. The molecule has 1 aliphatic rings. The Hall–Kier alpha value is -1.54. The molecule has 0 aliphatic carbocycles. The van der Waals surface area contributed by atoms with Gasteiger partial charge in [-0.3, -0.25) is 4.79 Å². The second-order valence-electron chi connectivity index (χ2n) is 7.58. The number of carbonyl (C=O) groups is 1. The lowest BCUT2D eigenvalue weighted by molar-refractivity contribution is -0.770. The largest absolute Gasteiger partial charge is 0.499 e. The standard InChI is InChI=1S/C21H35N3O4S/c1-2-3-4-5-6-7-8-9-10-11-12-19(25)27-15-20-28-18(16-29-20)24-14-13-17(22)23-21(24)26/h13-14,18,20H,2-12,15-16H2,1H3,(H2,22,23,26)/p+1/t18-,20+/m0/s1. The summed E-state index contributed by atoms with van der Waals surface area (Å²) in [7, 11) is 0. The van der Waals surface area contributed by atoms with Crippen LogP contribution in [0.15, 0.2) is 17.1 Å². The Morgan fingerprint density at radius 2 is 1.86 bits per heavy atom. The Morgan fingerprint density at radius 3 is 2.52 bits per heavy atom. The number of nitrogens with one attached hydrogen (secondary N) is 1. The molecular formula is C21H36N3O4S+. The molecule has 0 spiro atoms. The Labute approximate surface area is 177 Å². The van der Waals surface area contributed by atoms with Gasteiger partial charge in [-0.1, -0.05) is 64.7 Å². The van der Waals surface area contributed by atoms with Gasteiger partial charge in [0.15, 0.2) is 5.82 Å². The number of aromatic amines is 1. The molecular weight excluding hydrogens is 390 g/mol. The lowest BCUT2D eigenvalue weighted by Crippen LogP contribution is -2.55. The van der Waals surface area contributed by atoms with E-state index in [1.165, 1.54) is 55.9 Å². The summed E-state index contributed by atoms with van der Waals surface area (Å²) < 4.78 is 12.6. The molecule has 0 radical (unpaired) electrons. The van der Waals surface area contributed by atoms with Gasteiger partial charge in [-0.05, 0) is 6.42 Å². The number of hydrogen-bond acceptors (Lipinski definition) is 6. The van der Waals surface area contributed by atoms with Crippen LogP contribution in [-0.4, -0.2) is 28.7 Å². The molecule has 1 aromatic heterocycles. The summed E-state index contributed by atoms with van der Waals surface area (Å²) in [4.78, 5) is 26.4. The second kappa shape index (κ2) is 13.6. The number of hydrogen-bond donors (Lipinski definition) is 2. The van der Waals surface area contributed by atoms with Crippen LogP contribution in [0.2, 0.25) is 0 Å². The van der Waals surface area contributed by atoms with Crippen molar-refractivity contribution in [3.8, 4) is 0 Å². The third-order valence-electron chi connectivity index (χ3n) is 5.06. The SMILES string of the molecule is CCCCCCCCCCCCC(=O)OC[C@@H]1O[C@H]([n+]2ccc(N)[nH]c2=O)CS1. The topological polar surface area (TPSA) is 98.3 Å². The van der Waals surface area contributed by atoms with Crippen LogP contribution >= 0.6 is 11.8 Å². The van der Waals surface area contributed by atoms with Gasteiger partial charge in [-0.25, -0.2) is 0 Å². The number of nitrogens with two attached hydrogens (primary N) is 1. The first kappa shape index (κ1) is 23.7. The van der Waals surface area contributed by atoms with Crippen molar-refractivity contribution in [1.82, 2.24) is 4.98 Å². The Kier molecular flexibility index (Phi) is 11.2. The van der Waals surface area contributed by atoms with E-state index in [0.29, 0.717) is 18.0 Å². The maximum atomic E-state index is 11.9. The summed E-state index contributed by atoms with van der Waals surface area (Å²) in [5.74, 6) is 0.766. The van der Waals surface area contributed by atoms with Crippen LogP contribution in [-0.2, 0) is 14.3 Å². The minimum Gasteiger partial charge on any atom is -0.462 e. The van der Waals surface area contributed by atoms with Gasteiger partial charge in [-0.2, -0.15) is 14.3 Å². The molecule has 164 valence electrons. The fraction of sp³-hybridized carbons (Fsp3) is 0.762. The molecule has 0 saturated carbocycles. The highest BCUT2D eigenvalue weighted by Gasteiger charge is 2.32. The van der Waals surface area contributed by atoms with Gasteiger partial charge in [0.25, 0.3) is 0 Å². The smallest absolute Gasteiger partial charge is 0.462 e. The summed E-state index contributed by atoms with van der Waals surface area (Å²) in [5.41, 5.74) is 5.00. The summed E-state index contributed by atoms with van der Waals surface area (Å²) in [6.45, 7) is 2.45. The molecule has 1 saturated heterocycles. The summed E-state index contributed by atoms with van der Waals surface area (Å²) >= 11 is 1.54. The third-order valence-corrected chi connectivity index (χ3v) is 6.16. The number of rotatable bonds is 14. The average Bonchev–Trinajstić information content (AvgIpc) is 3.16. The number of esters is 1. The number of nitrogen functional groups attached to an aromatic ring is 1. The third kappa shape index (κ3) is 9.21. The van der Waals surface area contributed by atoms with Crippen molar-refractivity contribution in [2.45, 2.75) is 89.2 Å². The second-order valence-corrected chi connectivity index (χ2v) is 8.77. The molecule has 7 nitrogen and oxygen atoms in total. The Balaban J connectivity index is 1.50. The highest BCUT2D eigenvalue weighted by molar-refractivity contribution is 8.00. The van der Waals surface area contributed by atoms with E-state index in [-0.39, 0.29) is 29.9 Å². The Morgan fingerprint density at radius 1 is 1.21 bits per heavy atom. The van der Waals surface area contributed by atoms with Gasteiger partial charge in [-0.15, -0.1) is 11.8 Å². The van der Waals surface area contributed by atoms with E-state index in [4.69, 9.17) is 15.2 Å². The number of thioether (sulfide) groups is 1. The molecule has 2 atom stereocenters. The maximum absolute atomic E-state index is 11.9. The normalized spacial score (nSPS) is 18.8. The molecule has 2 heterocycles. The van der Waals surface area contributed by atoms with Crippen LogP contribution in [0.5, 0.6) is 0 Å². The predicted octanol–water partition coefficient (Wildman–Crippen LogP) is 3.69. The number of carbonyl (C=O) groups excluding carboxylic acids is 1. The number of ether oxygens (including phenoxy) is 2. The number of unbranched alkanes of at least 4 members (excludes halogenated alkanes) is 9. The molecule has 2 rings (SSSR count). The van der Waals surface area contributed by atoms with Crippen molar-refractivity contribution >= 4 is 23.5 Å². The summed E-state index contributed by atoms with van der Waals surface area (Å²) in [6, 6.07) is 1.62. The first-order valence-electron chi connectivity index (χ1n) is 10.9. The lowest BCUT2D eigenvalue weighted by atomic mass is 10.1. The van der Waals surface area contributed by atoms with E-state index in [9.17, 15) is 9.59 Å². The van der Waals surface area contributed by atoms with Gasteiger partial charge < -0.3 is 15.2 Å². The van der Waals surface area contributed by atoms with E-state index in [1.54, 1.807) is 24.0 Å². The number of aromatic nitrogens is 2. The monoisotopic (exact) mass is 426 g/mol. The van der Waals surface area contributed by atoms with Gasteiger partial charge in [0.05, 0.1) is 5.75 Å². The first-order valence-corrected chi connectivity index (χ1v) is 12.0. The molecule has 29 heavy (non-hydrogen) atoms. The minimum absolute atomic E-state index is 0.171. The Bertz CT molecular complexity index is 668. The van der Waals surface area contributed by atoms with Crippen LogP contribution in [0.3, 0.4) is 0 Å². The van der Waals surface area contributed by atoms with Crippen molar-refractivity contribution in [3.63, 3.8) is 0 Å². The van der Waals surface area contributed by atoms with Gasteiger partial charge in [0.2, 0.25) is 6.23 Å². The van der Waals surface area contributed by atoms with Crippen molar-refractivity contribution in [2.75, 3.05) is 18.1 Å². The number of H-pyrrole nitrogens is 1. The number of anilines is 1. The molecule has 1 aliphatic heterocycles. The molecule has 0 amide bonds. The van der Waals surface area contributed by atoms with Crippen molar-refractivity contribution in [1.29, 1.82) is 0 Å². The number of nitrogens with zero attached hydrogens (tertiary/aromatic N) is 1. The molecule has 1 aromatic rings. The molecule has 1 fully saturated rings. The van der Waals surface area contributed by atoms with Crippen molar-refractivity contribution < 1.29 is 18.8 Å². The summed E-state index contributed by atoms with van der Waals surface area (Å²) in [5, 5.41) is 0. The molecule has 0 unspecified atom stereocenters. The van der Waals surface area contributed by atoms with Gasteiger partial charge in [0, 0.05) is 12.5 Å². The van der Waals surface area contributed by atoms with E-state index < -0.39 is 0 Å². The van der Waals surface area contributed by atoms with Crippen LogP contribution in [0.1, 0.15) is 83.8 Å². The first-order chi connectivity index (χ1) is 14.1. The van der Waals surface area contributed by atoms with Crippen molar-refractivity contribution in [2.24, 2.45) is 0 Å². The van der Waals surface area contributed by atoms with E-state index in [1.807, 2.05) is 0 Å². The molecule has 0 bridgehead atoms. The maximum Gasteiger partial charge on any atom is 0.499 e. The van der Waals surface area contributed by atoms with Gasteiger partial charge >= 0.3 is 11.7 Å². The van der Waals surface area contributed by atoms with Gasteiger partial charge in [0.1, 0.15) is 18.2 Å². The van der Waals surface area contributed by atoms with E-state index in [0.717, 1.165) is 12.8 Å². The van der Waals surface area contributed by atoms with Crippen LogP contribution < -0.4 is 16.0 Å². The fourth-order valence-electron chi connectivity index (χ4n) is 3.35. The zero-order valence-electron chi connectivity index (χ0n) is 17.6. The van der Waals surface area contributed by atoms with Crippen LogP contribution in [0.4, 0.5) is 5.82 Å². The molecule has 8 heteroatoms. The van der Waals surface area contributed by atoms with Crippen LogP contribution in [0.25, 0.3) is 0 Å². The zero-order chi connectivity index (χ0) is 20.9. The molecule has 0 aromatic carbocycles. The highest BCUT2D eigenvalue weighted by atomic mass is 32.2. The predicted molar refractivity (Wildman–Crippen MR) is 115 cm³/mol. The van der Waals surface area contributed by atoms with Crippen molar-refractivity contribution in [3.05, 3.63) is 22.7 Å². The highest BCUT2D eigenvalue weighted by Crippen LogP contribution is 2.28. The van der Waals surface area contributed by atoms with E-state index in [2.05, 4.69) is 11.9 Å².